The van der Waals surface area contributed by atoms with Crippen LogP contribution >= 0.6 is 0 Å². The van der Waals surface area contributed by atoms with Gasteiger partial charge in [-0.2, -0.15) is 0 Å². The van der Waals surface area contributed by atoms with Gasteiger partial charge in [0.05, 0.1) is 13.2 Å². The Balaban J connectivity index is 3.11. The number of amides is 1. The van der Waals surface area contributed by atoms with Crippen LogP contribution in [0.5, 0.6) is 5.75 Å². The highest BCUT2D eigenvalue weighted by Gasteiger charge is 2.35. The average molecular weight is 394 g/mol. The number of hydrogen-bond donors (Lipinski definition) is 1. The van der Waals surface area contributed by atoms with Crippen LogP contribution in [0.2, 0.25) is 0 Å². The number of rotatable bonds is 11. The van der Waals surface area contributed by atoms with Gasteiger partial charge in [0.15, 0.2) is 0 Å². The molecule has 0 aliphatic heterocycles. The molecule has 6 heteroatoms. The summed E-state index contributed by atoms with van der Waals surface area (Å²) in [6, 6.07) is 4.98. The second-order valence-corrected chi connectivity index (χ2v) is 7.67. The Labute approximate surface area is 168 Å². The van der Waals surface area contributed by atoms with Crippen LogP contribution in [0, 0.1) is 5.92 Å². The standard InChI is InChI=1S/C22H35NO5/c1-8-12-27-22(6,14-15(3)4)21(25)23-17-10-11-19(28-16(5)9-2)18(13-17)20(24)26-7/h10-11,13,15-16H,8-9,12,14H2,1-7H3,(H,23,25). The van der Waals surface area contributed by atoms with E-state index in [1.54, 1.807) is 25.1 Å². The molecule has 158 valence electrons. The van der Waals surface area contributed by atoms with Gasteiger partial charge in [-0.05, 0) is 57.2 Å². The van der Waals surface area contributed by atoms with Gasteiger partial charge in [-0.3, -0.25) is 4.79 Å². The summed E-state index contributed by atoms with van der Waals surface area (Å²) in [7, 11) is 1.32. The molecule has 1 N–H and O–H groups in total. The molecule has 1 aromatic carbocycles. The summed E-state index contributed by atoms with van der Waals surface area (Å²) >= 11 is 0. The maximum Gasteiger partial charge on any atom is 0.341 e. The van der Waals surface area contributed by atoms with Gasteiger partial charge in [0.2, 0.25) is 0 Å². The molecule has 0 radical (unpaired) electrons. The van der Waals surface area contributed by atoms with Crippen molar-refractivity contribution in [2.75, 3.05) is 19.0 Å². The Bertz CT molecular complexity index is 658. The van der Waals surface area contributed by atoms with Gasteiger partial charge in [0.1, 0.15) is 16.9 Å². The van der Waals surface area contributed by atoms with Crippen molar-refractivity contribution in [3.63, 3.8) is 0 Å². The Hall–Kier alpha value is -2.08. The smallest absolute Gasteiger partial charge is 0.341 e. The van der Waals surface area contributed by atoms with Gasteiger partial charge in [-0.1, -0.05) is 27.7 Å². The largest absolute Gasteiger partial charge is 0.490 e. The number of ether oxygens (including phenoxy) is 3. The topological polar surface area (TPSA) is 73.9 Å². The van der Waals surface area contributed by atoms with E-state index in [2.05, 4.69) is 19.2 Å². The van der Waals surface area contributed by atoms with E-state index in [0.717, 1.165) is 12.8 Å². The number of anilines is 1. The molecule has 0 aliphatic carbocycles. The van der Waals surface area contributed by atoms with E-state index in [1.165, 1.54) is 7.11 Å². The first kappa shape index (κ1) is 24.0. The van der Waals surface area contributed by atoms with Crippen molar-refractivity contribution in [1.29, 1.82) is 0 Å². The number of nitrogens with one attached hydrogen (secondary N) is 1. The molecule has 0 fully saturated rings. The number of esters is 1. The van der Waals surface area contributed by atoms with Crippen LogP contribution in [0.1, 0.15) is 71.2 Å². The zero-order valence-electron chi connectivity index (χ0n) is 18.3. The molecule has 1 amide bonds. The second kappa shape index (κ2) is 11.1. The number of carbonyl (C=O) groups excluding carboxylic acids is 2. The van der Waals surface area contributed by atoms with Crippen molar-refractivity contribution < 1.29 is 23.8 Å². The molecule has 0 saturated heterocycles. The zero-order chi connectivity index (χ0) is 21.3. The summed E-state index contributed by atoms with van der Waals surface area (Å²) in [5, 5.41) is 2.88. The highest BCUT2D eigenvalue weighted by molar-refractivity contribution is 5.99. The summed E-state index contributed by atoms with van der Waals surface area (Å²) in [5.41, 5.74) is -0.167. The van der Waals surface area contributed by atoms with Crippen LogP contribution in [-0.4, -0.2) is 37.3 Å². The van der Waals surface area contributed by atoms with Crippen LogP contribution in [0.15, 0.2) is 18.2 Å². The molecule has 0 spiro atoms. The van der Waals surface area contributed by atoms with Crippen molar-refractivity contribution in [3.05, 3.63) is 23.8 Å². The normalized spacial score (nSPS) is 14.3. The molecule has 28 heavy (non-hydrogen) atoms. The fourth-order valence-electron chi connectivity index (χ4n) is 2.87. The van der Waals surface area contributed by atoms with E-state index in [0.29, 0.717) is 30.4 Å². The van der Waals surface area contributed by atoms with Crippen molar-refractivity contribution in [2.24, 2.45) is 5.92 Å². The lowest BCUT2D eigenvalue weighted by atomic mass is 9.93. The average Bonchev–Trinajstić information content (AvgIpc) is 2.66. The second-order valence-electron chi connectivity index (χ2n) is 7.67. The minimum Gasteiger partial charge on any atom is -0.490 e. The summed E-state index contributed by atoms with van der Waals surface area (Å²) in [6.07, 6.45) is 2.19. The molecule has 0 aliphatic rings. The molecule has 2 unspecified atom stereocenters. The molecular formula is C22H35NO5. The molecule has 0 aromatic heterocycles. The Kier molecular flexibility index (Phi) is 9.46. The maximum absolute atomic E-state index is 13.0. The monoisotopic (exact) mass is 393 g/mol. The lowest BCUT2D eigenvalue weighted by Crippen LogP contribution is -2.44. The van der Waals surface area contributed by atoms with Gasteiger partial charge in [0, 0.05) is 12.3 Å². The fraction of sp³-hybridized carbons (Fsp3) is 0.636. The highest BCUT2D eigenvalue weighted by Crippen LogP contribution is 2.28. The molecule has 6 nitrogen and oxygen atoms in total. The number of methoxy groups -OCH3 is 1. The van der Waals surface area contributed by atoms with Gasteiger partial charge < -0.3 is 19.5 Å². The van der Waals surface area contributed by atoms with E-state index < -0.39 is 11.6 Å². The lowest BCUT2D eigenvalue weighted by Gasteiger charge is -2.30. The van der Waals surface area contributed by atoms with E-state index in [9.17, 15) is 9.59 Å². The summed E-state index contributed by atoms with van der Waals surface area (Å²) < 4.78 is 16.6. The van der Waals surface area contributed by atoms with Gasteiger partial charge >= 0.3 is 5.97 Å². The maximum atomic E-state index is 13.0. The Morgan fingerprint density at radius 2 is 1.86 bits per heavy atom. The third kappa shape index (κ3) is 6.82. The predicted molar refractivity (Wildman–Crippen MR) is 111 cm³/mol. The summed E-state index contributed by atoms with van der Waals surface area (Å²) in [4.78, 5) is 25.1. The lowest BCUT2D eigenvalue weighted by molar-refractivity contribution is -0.141. The van der Waals surface area contributed by atoms with E-state index in [4.69, 9.17) is 14.2 Å². The van der Waals surface area contributed by atoms with Gasteiger partial charge in [-0.15, -0.1) is 0 Å². The summed E-state index contributed by atoms with van der Waals surface area (Å²) in [5.74, 6) is -0.0152. The van der Waals surface area contributed by atoms with Crippen LogP contribution in [0.4, 0.5) is 5.69 Å². The highest BCUT2D eigenvalue weighted by atomic mass is 16.5. The fourth-order valence-corrected chi connectivity index (χ4v) is 2.87. The van der Waals surface area contributed by atoms with Crippen molar-refractivity contribution in [2.45, 2.75) is 72.5 Å². The molecule has 0 bridgehead atoms. The molecular weight excluding hydrogens is 358 g/mol. The molecule has 0 heterocycles. The zero-order valence-corrected chi connectivity index (χ0v) is 18.3. The minimum absolute atomic E-state index is 0.0411. The first-order valence-corrected chi connectivity index (χ1v) is 10.0. The third-order valence-corrected chi connectivity index (χ3v) is 4.45. The number of hydrogen-bond acceptors (Lipinski definition) is 5. The molecule has 0 saturated carbocycles. The molecule has 2 atom stereocenters. The van der Waals surface area contributed by atoms with Crippen molar-refractivity contribution >= 4 is 17.6 Å². The van der Waals surface area contributed by atoms with E-state index >= 15 is 0 Å². The summed E-state index contributed by atoms with van der Waals surface area (Å²) in [6.45, 7) is 12.4. The van der Waals surface area contributed by atoms with Crippen LogP contribution < -0.4 is 10.1 Å². The van der Waals surface area contributed by atoms with E-state index in [-0.39, 0.29) is 17.6 Å². The SMILES string of the molecule is CCCOC(C)(CC(C)C)C(=O)Nc1ccc(OC(C)CC)c(C(=O)OC)c1. The quantitative estimate of drug-likeness (QED) is 0.546. The first-order chi connectivity index (χ1) is 13.2. The Morgan fingerprint density at radius 1 is 1.18 bits per heavy atom. The first-order valence-electron chi connectivity index (χ1n) is 10.0. The van der Waals surface area contributed by atoms with Gasteiger partial charge in [0.25, 0.3) is 5.91 Å². The molecule has 1 rings (SSSR count). The van der Waals surface area contributed by atoms with Crippen LogP contribution in [0.3, 0.4) is 0 Å². The molecule has 1 aromatic rings. The minimum atomic E-state index is -0.943. The number of benzene rings is 1. The van der Waals surface area contributed by atoms with Crippen molar-refractivity contribution in [1.82, 2.24) is 0 Å². The number of carbonyl (C=O) groups is 2. The van der Waals surface area contributed by atoms with Crippen LogP contribution in [-0.2, 0) is 14.3 Å². The Morgan fingerprint density at radius 3 is 2.39 bits per heavy atom. The van der Waals surface area contributed by atoms with Crippen molar-refractivity contribution in [3.8, 4) is 5.75 Å². The third-order valence-electron chi connectivity index (χ3n) is 4.45. The van der Waals surface area contributed by atoms with Crippen LogP contribution in [0.25, 0.3) is 0 Å². The van der Waals surface area contributed by atoms with E-state index in [1.807, 2.05) is 20.8 Å². The predicted octanol–water partition coefficient (Wildman–Crippen LogP) is 4.82. The van der Waals surface area contributed by atoms with Gasteiger partial charge in [-0.25, -0.2) is 4.79 Å².